The number of allylic oxidation sites excluding steroid dienone is 2. The number of anilines is 2. The predicted molar refractivity (Wildman–Crippen MR) is 152 cm³/mol. The number of carbonyl (C=O) groups is 2. The van der Waals surface area contributed by atoms with Crippen LogP contribution in [0.2, 0.25) is 5.02 Å². The predicted octanol–water partition coefficient (Wildman–Crippen LogP) is 7.22. The Kier molecular flexibility index (Phi) is 9.15. The molecule has 0 unspecified atom stereocenters. The quantitative estimate of drug-likeness (QED) is 0.252. The lowest BCUT2D eigenvalue weighted by atomic mass is 9.85. The number of dihydropyridines is 1. The Morgan fingerprint density at radius 1 is 1.12 bits per heavy atom. The van der Waals surface area contributed by atoms with Crippen LogP contribution in [0.5, 0.6) is 0 Å². The van der Waals surface area contributed by atoms with E-state index in [1.165, 1.54) is 6.26 Å². The average molecular weight is 601 g/mol. The maximum absolute atomic E-state index is 13.5. The molecule has 1 aliphatic rings. The van der Waals surface area contributed by atoms with Gasteiger partial charge in [-0.1, -0.05) is 48.5 Å². The number of hydrogen-bond acceptors (Lipinski definition) is 6. The van der Waals surface area contributed by atoms with Gasteiger partial charge in [-0.05, 0) is 55.3 Å². The van der Waals surface area contributed by atoms with Crippen molar-refractivity contribution in [1.29, 1.82) is 5.26 Å². The number of nitriles is 1. The van der Waals surface area contributed by atoms with Gasteiger partial charge < -0.3 is 20.4 Å². The summed E-state index contributed by atoms with van der Waals surface area (Å²) in [7, 11) is 0. The summed E-state index contributed by atoms with van der Waals surface area (Å²) in [5.41, 5.74) is 0.939. The minimum Gasteiger partial charge on any atom is -0.468 e. The molecule has 3 N–H and O–H groups in total. The first-order valence-electron chi connectivity index (χ1n) is 12.4. The third-order valence-corrected chi connectivity index (χ3v) is 7.63. The second-order valence-corrected chi connectivity index (χ2v) is 10.4. The van der Waals surface area contributed by atoms with Gasteiger partial charge in [-0.25, -0.2) is 0 Å². The summed E-state index contributed by atoms with van der Waals surface area (Å²) in [4.78, 5) is 26.3. The number of benzene rings is 2. The van der Waals surface area contributed by atoms with E-state index >= 15 is 0 Å². The summed E-state index contributed by atoms with van der Waals surface area (Å²) in [6, 6.07) is 15.3. The van der Waals surface area contributed by atoms with Crippen molar-refractivity contribution >= 4 is 46.6 Å². The van der Waals surface area contributed by atoms with E-state index < -0.39 is 23.6 Å². The molecule has 0 fully saturated rings. The summed E-state index contributed by atoms with van der Waals surface area (Å²) in [6.07, 6.45) is -2.53. The van der Waals surface area contributed by atoms with Crippen molar-refractivity contribution in [1.82, 2.24) is 5.32 Å². The van der Waals surface area contributed by atoms with Crippen molar-refractivity contribution in [2.45, 2.75) is 32.4 Å². The van der Waals surface area contributed by atoms with Gasteiger partial charge in [0.2, 0.25) is 5.91 Å². The molecule has 1 atom stereocenters. The molecule has 1 aliphatic heterocycles. The number of rotatable bonds is 8. The molecule has 0 saturated heterocycles. The number of alkyl halides is 3. The fourth-order valence-corrected chi connectivity index (χ4v) is 5.39. The van der Waals surface area contributed by atoms with Crippen LogP contribution >= 0.6 is 23.4 Å². The Balaban J connectivity index is 1.61. The van der Waals surface area contributed by atoms with Gasteiger partial charge in [-0.2, -0.15) is 18.4 Å². The molecule has 0 spiro atoms. The van der Waals surface area contributed by atoms with Crippen LogP contribution in [0.4, 0.5) is 24.5 Å². The summed E-state index contributed by atoms with van der Waals surface area (Å²) in [5.74, 6) is -1.83. The Bertz CT molecular complexity index is 1580. The maximum Gasteiger partial charge on any atom is 0.416 e. The SMILES string of the molecule is CCc1ccccc1NC(=O)CSC1=C(C#N)[C@H](c2ccco2)C(C(=O)Nc2cc(C(F)(F)F)ccc2Cl)=C(C)N1. The maximum atomic E-state index is 13.5. The number of nitrogens with one attached hydrogen (secondary N) is 3. The van der Waals surface area contributed by atoms with E-state index in [0.717, 1.165) is 41.9 Å². The van der Waals surface area contributed by atoms with Gasteiger partial charge in [0.05, 0.1) is 56.5 Å². The standard InChI is InChI=1S/C29H24ClF3N4O3S/c1-3-17-7-4-5-8-21(17)36-24(38)15-41-28-19(14-34)26(23-9-6-12-40-23)25(16(2)35-28)27(39)37-22-13-18(29(31,32)33)10-11-20(22)30/h4-13,26,35H,3,15H2,1-2H3,(H,36,38)(H,37,39)/t26-/m1/s1. The Labute approximate surface area is 243 Å². The molecule has 0 saturated carbocycles. The zero-order valence-corrected chi connectivity index (χ0v) is 23.4. The largest absolute Gasteiger partial charge is 0.468 e. The number of nitrogens with zero attached hydrogens (tertiary/aromatic N) is 1. The molecule has 1 aromatic heterocycles. The highest BCUT2D eigenvalue weighted by Gasteiger charge is 2.37. The lowest BCUT2D eigenvalue weighted by Crippen LogP contribution is -2.31. The van der Waals surface area contributed by atoms with Gasteiger partial charge in [0.1, 0.15) is 5.76 Å². The smallest absolute Gasteiger partial charge is 0.416 e. The number of hydrogen-bond donors (Lipinski definition) is 3. The number of aryl methyl sites for hydroxylation is 1. The molecular formula is C29H24ClF3N4O3S. The lowest BCUT2D eigenvalue weighted by Gasteiger charge is -2.28. The number of furan rings is 1. The van der Waals surface area contributed by atoms with Gasteiger partial charge in [0, 0.05) is 11.4 Å². The third kappa shape index (κ3) is 6.78. The van der Waals surface area contributed by atoms with Crippen LogP contribution in [0.3, 0.4) is 0 Å². The van der Waals surface area contributed by atoms with Gasteiger partial charge in [0.15, 0.2) is 0 Å². The van der Waals surface area contributed by atoms with E-state index in [9.17, 15) is 28.0 Å². The van der Waals surface area contributed by atoms with E-state index in [-0.39, 0.29) is 39.3 Å². The topological polar surface area (TPSA) is 107 Å². The minimum absolute atomic E-state index is 0.0366. The van der Waals surface area contributed by atoms with Crippen molar-refractivity contribution in [3.05, 3.63) is 105 Å². The first-order valence-corrected chi connectivity index (χ1v) is 13.7. The van der Waals surface area contributed by atoms with Gasteiger partial charge in [0.25, 0.3) is 5.91 Å². The highest BCUT2D eigenvalue weighted by molar-refractivity contribution is 8.03. The van der Waals surface area contributed by atoms with E-state index in [4.69, 9.17) is 16.0 Å². The van der Waals surface area contributed by atoms with E-state index in [0.29, 0.717) is 16.4 Å². The second-order valence-electron chi connectivity index (χ2n) is 8.96. The Morgan fingerprint density at radius 3 is 2.54 bits per heavy atom. The van der Waals surface area contributed by atoms with Crippen LogP contribution in [0.15, 0.2) is 87.1 Å². The normalized spacial score (nSPS) is 15.3. The van der Waals surface area contributed by atoms with E-state index in [1.807, 2.05) is 31.2 Å². The average Bonchev–Trinajstić information content (AvgIpc) is 3.47. The van der Waals surface area contributed by atoms with Gasteiger partial charge >= 0.3 is 6.18 Å². The molecule has 0 bridgehead atoms. The van der Waals surface area contributed by atoms with Crippen LogP contribution in [-0.2, 0) is 22.2 Å². The zero-order valence-electron chi connectivity index (χ0n) is 21.9. The summed E-state index contributed by atoms with van der Waals surface area (Å²) >= 11 is 7.17. The first kappa shape index (κ1) is 29.8. The highest BCUT2D eigenvalue weighted by atomic mass is 35.5. The fraction of sp³-hybridized carbons (Fsp3) is 0.207. The van der Waals surface area contributed by atoms with Crippen molar-refractivity contribution in [2.24, 2.45) is 0 Å². The lowest BCUT2D eigenvalue weighted by molar-refractivity contribution is -0.137. The van der Waals surface area contributed by atoms with Crippen LogP contribution in [0.25, 0.3) is 0 Å². The molecule has 7 nitrogen and oxygen atoms in total. The third-order valence-electron chi connectivity index (χ3n) is 6.28. The van der Waals surface area contributed by atoms with Crippen molar-refractivity contribution in [3.8, 4) is 6.07 Å². The molecule has 0 radical (unpaired) electrons. The van der Waals surface area contributed by atoms with Crippen LogP contribution in [0.1, 0.15) is 36.7 Å². The van der Waals surface area contributed by atoms with Crippen molar-refractivity contribution < 1.29 is 27.2 Å². The summed E-state index contributed by atoms with van der Waals surface area (Å²) in [5, 5.41) is 18.7. The minimum atomic E-state index is -4.64. The molecule has 3 aromatic rings. The number of thioether (sulfide) groups is 1. The zero-order chi connectivity index (χ0) is 29.7. The number of para-hydroxylation sites is 1. The van der Waals surface area contributed by atoms with Crippen LogP contribution in [0, 0.1) is 11.3 Å². The number of halogens is 4. The highest BCUT2D eigenvalue weighted by Crippen LogP contribution is 2.42. The number of carbonyl (C=O) groups excluding carboxylic acids is 2. The van der Waals surface area contributed by atoms with Crippen LogP contribution in [-0.4, -0.2) is 17.6 Å². The van der Waals surface area contributed by atoms with Crippen molar-refractivity contribution in [2.75, 3.05) is 16.4 Å². The molecule has 41 heavy (non-hydrogen) atoms. The van der Waals surface area contributed by atoms with Crippen molar-refractivity contribution in [3.63, 3.8) is 0 Å². The Morgan fingerprint density at radius 2 is 1.88 bits per heavy atom. The number of amides is 2. The summed E-state index contributed by atoms with van der Waals surface area (Å²) in [6.45, 7) is 3.57. The molecular weight excluding hydrogens is 577 g/mol. The molecule has 0 aliphatic carbocycles. The monoisotopic (exact) mass is 600 g/mol. The van der Waals surface area contributed by atoms with Crippen LogP contribution < -0.4 is 16.0 Å². The van der Waals surface area contributed by atoms with E-state index in [1.54, 1.807) is 19.1 Å². The molecule has 212 valence electrons. The fourth-order valence-electron chi connectivity index (χ4n) is 4.33. The molecule has 4 rings (SSSR count). The first-order chi connectivity index (χ1) is 19.5. The van der Waals surface area contributed by atoms with Gasteiger partial charge in [-0.15, -0.1) is 0 Å². The summed E-state index contributed by atoms with van der Waals surface area (Å²) < 4.78 is 45.4. The molecule has 2 heterocycles. The molecule has 2 aromatic carbocycles. The van der Waals surface area contributed by atoms with E-state index in [2.05, 4.69) is 22.0 Å². The Hall–Kier alpha value is -4.14. The molecule has 12 heteroatoms. The second kappa shape index (κ2) is 12.6. The molecule has 2 amide bonds. The van der Waals surface area contributed by atoms with Gasteiger partial charge in [-0.3, -0.25) is 9.59 Å².